The van der Waals surface area contributed by atoms with Gasteiger partial charge < -0.3 is 0 Å². The van der Waals surface area contributed by atoms with Gasteiger partial charge in [0.25, 0.3) is 0 Å². The average Bonchev–Trinajstić information content (AvgIpc) is 2.21. The van der Waals surface area contributed by atoms with Gasteiger partial charge >= 0.3 is 0 Å². The third kappa shape index (κ3) is 2.84. The lowest BCUT2D eigenvalue weighted by atomic mass is 9.94. The molecule has 0 heterocycles. The standard InChI is InChI=1S/C12H17Br/c1-3-10(4-2)12(13)11-8-6-5-7-9-11/h5-10,12H,3-4H2,1-2H3. The summed E-state index contributed by atoms with van der Waals surface area (Å²) in [6.45, 7) is 4.51. The molecular weight excluding hydrogens is 224 g/mol. The van der Waals surface area contributed by atoms with E-state index < -0.39 is 0 Å². The number of alkyl halides is 1. The van der Waals surface area contributed by atoms with E-state index in [2.05, 4.69) is 60.1 Å². The van der Waals surface area contributed by atoms with E-state index in [9.17, 15) is 0 Å². The van der Waals surface area contributed by atoms with Crippen LogP contribution in [0.25, 0.3) is 0 Å². The maximum atomic E-state index is 3.77. The number of hydrogen-bond acceptors (Lipinski definition) is 0. The number of benzene rings is 1. The molecule has 0 radical (unpaired) electrons. The Labute approximate surface area is 89.5 Å². The van der Waals surface area contributed by atoms with E-state index in [1.165, 1.54) is 18.4 Å². The first-order valence-corrected chi connectivity index (χ1v) is 5.90. The van der Waals surface area contributed by atoms with Crippen molar-refractivity contribution >= 4 is 15.9 Å². The fourth-order valence-corrected chi connectivity index (χ4v) is 2.66. The Kier molecular flexibility index (Phi) is 4.51. The third-order valence-corrected chi connectivity index (χ3v) is 3.86. The van der Waals surface area contributed by atoms with E-state index in [-0.39, 0.29) is 0 Å². The first-order valence-electron chi connectivity index (χ1n) is 4.98. The summed E-state index contributed by atoms with van der Waals surface area (Å²) in [4.78, 5) is 0.517. The molecule has 0 amide bonds. The Bertz CT molecular complexity index is 226. The molecule has 72 valence electrons. The average molecular weight is 241 g/mol. The highest BCUT2D eigenvalue weighted by molar-refractivity contribution is 9.09. The first-order chi connectivity index (χ1) is 6.29. The molecule has 1 aromatic rings. The van der Waals surface area contributed by atoms with Gasteiger partial charge in [0.05, 0.1) is 0 Å². The second-order valence-electron chi connectivity index (χ2n) is 3.39. The topological polar surface area (TPSA) is 0 Å². The molecular formula is C12H17Br. The van der Waals surface area contributed by atoms with Crippen LogP contribution in [0.15, 0.2) is 30.3 Å². The maximum absolute atomic E-state index is 3.77. The monoisotopic (exact) mass is 240 g/mol. The van der Waals surface area contributed by atoms with Crippen LogP contribution in [0.4, 0.5) is 0 Å². The van der Waals surface area contributed by atoms with Crippen molar-refractivity contribution in [2.75, 3.05) is 0 Å². The second kappa shape index (κ2) is 5.43. The van der Waals surface area contributed by atoms with Crippen molar-refractivity contribution in [2.45, 2.75) is 31.5 Å². The molecule has 13 heavy (non-hydrogen) atoms. The zero-order valence-corrected chi connectivity index (χ0v) is 9.92. The van der Waals surface area contributed by atoms with Crippen LogP contribution in [0.5, 0.6) is 0 Å². The lowest BCUT2D eigenvalue weighted by molar-refractivity contribution is 0.487. The largest absolute Gasteiger partial charge is 0.0836 e. The SMILES string of the molecule is CCC(CC)C(Br)c1ccccc1. The number of rotatable bonds is 4. The van der Waals surface area contributed by atoms with Crippen molar-refractivity contribution in [2.24, 2.45) is 5.92 Å². The molecule has 0 N–H and O–H groups in total. The van der Waals surface area contributed by atoms with Gasteiger partial charge in [-0.05, 0) is 11.5 Å². The molecule has 0 aliphatic carbocycles. The van der Waals surface area contributed by atoms with E-state index in [4.69, 9.17) is 0 Å². The van der Waals surface area contributed by atoms with Gasteiger partial charge in [-0.3, -0.25) is 0 Å². The van der Waals surface area contributed by atoms with Crippen LogP contribution in [-0.4, -0.2) is 0 Å². The smallest absolute Gasteiger partial charge is 0.0423 e. The van der Waals surface area contributed by atoms with Crippen LogP contribution < -0.4 is 0 Å². The summed E-state index contributed by atoms with van der Waals surface area (Å²) < 4.78 is 0. The van der Waals surface area contributed by atoms with Gasteiger partial charge in [0.15, 0.2) is 0 Å². The minimum Gasteiger partial charge on any atom is -0.0836 e. The van der Waals surface area contributed by atoms with Crippen molar-refractivity contribution in [3.8, 4) is 0 Å². The summed E-state index contributed by atoms with van der Waals surface area (Å²) in [6.07, 6.45) is 2.47. The van der Waals surface area contributed by atoms with Gasteiger partial charge in [-0.2, -0.15) is 0 Å². The van der Waals surface area contributed by atoms with Crippen molar-refractivity contribution in [1.82, 2.24) is 0 Å². The summed E-state index contributed by atoms with van der Waals surface area (Å²) in [6, 6.07) is 10.7. The predicted octanol–water partition coefficient (Wildman–Crippen LogP) is 4.56. The van der Waals surface area contributed by atoms with Gasteiger partial charge in [-0.1, -0.05) is 73.0 Å². The van der Waals surface area contributed by atoms with Crippen LogP contribution in [0.1, 0.15) is 37.1 Å². The van der Waals surface area contributed by atoms with Crippen molar-refractivity contribution < 1.29 is 0 Å². The van der Waals surface area contributed by atoms with Gasteiger partial charge in [0.1, 0.15) is 0 Å². The number of halogens is 1. The van der Waals surface area contributed by atoms with E-state index in [0.29, 0.717) is 4.83 Å². The molecule has 1 unspecified atom stereocenters. The minimum absolute atomic E-state index is 0.517. The highest BCUT2D eigenvalue weighted by atomic mass is 79.9. The minimum atomic E-state index is 0.517. The lowest BCUT2D eigenvalue weighted by Crippen LogP contribution is -2.04. The Morgan fingerprint density at radius 1 is 1.08 bits per heavy atom. The van der Waals surface area contributed by atoms with Crippen LogP contribution in [-0.2, 0) is 0 Å². The fraction of sp³-hybridized carbons (Fsp3) is 0.500. The molecule has 1 heteroatoms. The summed E-state index contributed by atoms with van der Waals surface area (Å²) in [5.74, 6) is 0.752. The first kappa shape index (κ1) is 10.8. The predicted molar refractivity (Wildman–Crippen MR) is 62.2 cm³/mol. The summed E-state index contributed by atoms with van der Waals surface area (Å²) in [7, 11) is 0. The molecule has 1 rings (SSSR count). The molecule has 0 saturated heterocycles. The van der Waals surface area contributed by atoms with Gasteiger partial charge in [0, 0.05) is 4.83 Å². The highest BCUT2D eigenvalue weighted by Crippen LogP contribution is 2.34. The van der Waals surface area contributed by atoms with Crippen LogP contribution in [0.2, 0.25) is 0 Å². The van der Waals surface area contributed by atoms with Crippen molar-refractivity contribution in [1.29, 1.82) is 0 Å². The summed E-state index contributed by atoms with van der Waals surface area (Å²) in [5, 5.41) is 0. The lowest BCUT2D eigenvalue weighted by Gasteiger charge is -2.19. The molecule has 0 fully saturated rings. The van der Waals surface area contributed by atoms with Gasteiger partial charge in [-0.25, -0.2) is 0 Å². The highest BCUT2D eigenvalue weighted by Gasteiger charge is 2.16. The van der Waals surface area contributed by atoms with E-state index in [1.807, 2.05) is 0 Å². The molecule has 0 aromatic heterocycles. The molecule has 0 bridgehead atoms. The zero-order chi connectivity index (χ0) is 9.68. The van der Waals surface area contributed by atoms with Crippen molar-refractivity contribution in [3.63, 3.8) is 0 Å². The summed E-state index contributed by atoms with van der Waals surface area (Å²) >= 11 is 3.77. The molecule has 1 atom stereocenters. The Hall–Kier alpha value is -0.300. The van der Waals surface area contributed by atoms with E-state index >= 15 is 0 Å². The molecule has 1 aromatic carbocycles. The third-order valence-electron chi connectivity index (χ3n) is 2.58. The molecule has 0 spiro atoms. The Morgan fingerprint density at radius 3 is 2.08 bits per heavy atom. The normalized spacial score (nSPS) is 13.2. The summed E-state index contributed by atoms with van der Waals surface area (Å²) in [5.41, 5.74) is 1.40. The fourth-order valence-electron chi connectivity index (χ4n) is 1.61. The Balaban J connectivity index is 2.72. The van der Waals surface area contributed by atoms with Crippen LogP contribution in [0, 0.1) is 5.92 Å². The van der Waals surface area contributed by atoms with Gasteiger partial charge in [0.2, 0.25) is 0 Å². The molecule has 0 aliphatic rings. The second-order valence-corrected chi connectivity index (χ2v) is 4.38. The van der Waals surface area contributed by atoms with Crippen molar-refractivity contribution in [3.05, 3.63) is 35.9 Å². The molecule has 0 saturated carbocycles. The van der Waals surface area contributed by atoms with Gasteiger partial charge in [-0.15, -0.1) is 0 Å². The van der Waals surface area contributed by atoms with E-state index in [1.54, 1.807) is 0 Å². The maximum Gasteiger partial charge on any atom is 0.0423 e. The molecule has 0 aliphatic heterocycles. The van der Waals surface area contributed by atoms with Crippen LogP contribution in [0.3, 0.4) is 0 Å². The van der Waals surface area contributed by atoms with E-state index in [0.717, 1.165) is 5.92 Å². The Morgan fingerprint density at radius 2 is 1.62 bits per heavy atom. The quantitative estimate of drug-likeness (QED) is 0.678. The van der Waals surface area contributed by atoms with Crippen LogP contribution >= 0.6 is 15.9 Å². The zero-order valence-electron chi connectivity index (χ0n) is 8.33. The number of hydrogen-bond donors (Lipinski definition) is 0. The molecule has 0 nitrogen and oxygen atoms in total.